The van der Waals surface area contributed by atoms with E-state index in [9.17, 15) is 0 Å². The van der Waals surface area contributed by atoms with Crippen molar-refractivity contribution < 1.29 is 0 Å². The van der Waals surface area contributed by atoms with Gasteiger partial charge in [0, 0.05) is 38.9 Å². The molecule has 1 rings (SSSR count). The molecule has 128 valence electrons. The summed E-state index contributed by atoms with van der Waals surface area (Å²) in [5.41, 5.74) is 1.45. The summed E-state index contributed by atoms with van der Waals surface area (Å²) in [5.74, 6) is 0.849. The van der Waals surface area contributed by atoms with Gasteiger partial charge in [-0.2, -0.15) is 5.10 Å². The monoisotopic (exact) mass is 421 g/mol. The molecule has 0 fully saturated rings. The first-order chi connectivity index (χ1) is 9.96. The van der Waals surface area contributed by atoms with E-state index in [-0.39, 0.29) is 24.0 Å². The minimum atomic E-state index is 0. The molecule has 1 aromatic heterocycles. The van der Waals surface area contributed by atoms with Gasteiger partial charge in [-0.15, -0.1) is 24.0 Å². The number of halogens is 1. The van der Waals surface area contributed by atoms with E-state index in [0.29, 0.717) is 5.41 Å². The van der Waals surface area contributed by atoms with Crippen molar-refractivity contribution in [2.75, 3.05) is 13.6 Å². The summed E-state index contributed by atoms with van der Waals surface area (Å²) in [6.07, 6.45) is 9.01. The van der Waals surface area contributed by atoms with E-state index in [1.54, 1.807) is 0 Å². The van der Waals surface area contributed by atoms with Crippen LogP contribution in [0.25, 0.3) is 0 Å². The molecule has 0 unspecified atom stereocenters. The van der Waals surface area contributed by atoms with Crippen LogP contribution in [0, 0.1) is 5.41 Å². The lowest BCUT2D eigenvalue weighted by molar-refractivity contribution is 0.318. The maximum Gasteiger partial charge on any atom is 0.191 e. The normalized spacial score (nSPS) is 12.0. The molecule has 0 saturated carbocycles. The highest BCUT2D eigenvalue weighted by Gasteiger charge is 2.17. The molecule has 0 saturated heterocycles. The van der Waals surface area contributed by atoms with Gasteiger partial charge in [0.1, 0.15) is 0 Å². The number of aromatic nitrogens is 2. The van der Waals surface area contributed by atoms with Crippen molar-refractivity contribution in [3.05, 3.63) is 18.0 Å². The molecule has 0 aliphatic carbocycles. The van der Waals surface area contributed by atoms with Crippen molar-refractivity contribution in [1.29, 1.82) is 0 Å². The van der Waals surface area contributed by atoms with Crippen LogP contribution < -0.4 is 10.6 Å². The highest BCUT2D eigenvalue weighted by Crippen LogP contribution is 2.22. The number of nitrogens with one attached hydrogen (secondary N) is 2. The number of aryl methyl sites for hydroxylation is 1. The van der Waals surface area contributed by atoms with Gasteiger partial charge in [0.2, 0.25) is 0 Å². The number of aliphatic imine (C=N–C) groups is 1. The lowest BCUT2D eigenvalue weighted by Crippen LogP contribution is -2.41. The van der Waals surface area contributed by atoms with E-state index >= 15 is 0 Å². The molecular weight excluding hydrogens is 389 g/mol. The minimum absolute atomic E-state index is 0. The topological polar surface area (TPSA) is 54.2 Å². The van der Waals surface area contributed by atoms with Crippen LogP contribution in [0.4, 0.5) is 0 Å². The van der Waals surface area contributed by atoms with Gasteiger partial charge in [0.25, 0.3) is 0 Å². The Morgan fingerprint density at radius 3 is 2.59 bits per heavy atom. The quantitative estimate of drug-likeness (QED) is 0.293. The summed E-state index contributed by atoms with van der Waals surface area (Å²) >= 11 is 0. The van der Waals surface area contributed by atoms with Crippen LogP contribution >= 0.6 is 24.0 Å². The first kappa shape index (κ1) is 21.2. The lowest BCUT2D eigenvalue weighted by atomic mass is 9.87. The molecule has 0 spiro atoms. The van der Waals surface area contributed by atoms with Crippen LogP contribution in [0.2, 0.25) is 0 Å². The second-order valence-electron chi connectivity index (χ2n) is 6.42. The first-order valence-electron chi connectivity index (χ1n) is 7.89. The molecule has 0 aliphatic heterocycles. The smallest absolute Gasteiger partial charge is 0.191 e. The van der Waals surface area contributed by atoms with Crippen molar-refractivity contribution in [3.8, 4) is 0 Å². The summed E-state index contributed by atoms with van der Waals surface area (Å²) in [6, 6.07) is 0. The maximum absolute atomic E-state index is 4.28. The molecule has 0 bridgehead atoms. The molecular formula is C16H32IN5. The van der Waals surface area contributed by atoms with Crippen LogP contribution in [0.15, 0.2) is 17.4 Å². The van der Waals surface area contributed by atoms with Crippen LogP contribution in [-0.4, -0.2) is 29.3 Å². The Labute approximate surface area is 152 Å². The molecule has 0 aliphatic rings. The van der Waals surface area contributed by atoms with E-state index in [1.165, 1.54) is 25.7 Å². The van der Waals surface area contributed by atoms with Crippen LogP contribution in [0.1, 0.15) is 52.0 Å². The largest absolute Gasteiger partial charge is 0.356 e. The zero-order chi connectivity index (χ0) is 15.7. The number of rotatable bonds is 8. The minimum Gasteiger partial charge on any atom is -0.356 e. The van der Waals surface area contributed by atoms with Gasteiger partial charge in [-0.1, -0.05) is 40.0 Å². The summed E-state index contributed by atoms with van der Waals surface area (Å²) in [6.45, 7) is 8.54. The zero-order valence-electron chi connectivity index (χ0n) is 14.6. The predicted molar refractivity (Wildman–Crippen MR) is 105 cm³/mol. The second kappa shape index (κ2) is 10.9. The summed E-state index contributed by atoms with van der Waals surface area (Å²) < 4.78 is 1.81. The molecule has 22 heavy (non-hydrogen) atoms. The van der Waals surface area contributed by atoms with E-state index < -0.39 is 0 Å². The van der Waals surface area contributed by atoms with Gasteiger partial charge < -0.3 is 10.6 Å². The lowest BCUT2D eigenvalue weighted by Gasteiger charge is -2.26. The molecule has 1 heterocycles. The highest BCUT2D eigenvalue weighted by atomic mass is 127. The summed E-state index contributed by atoms with van der Waals surface area (Å²) in [7, 11) is 3.73. The number of guanidine groups is 1. The zero-order valence-corrected chi connectivity index (χ0v) is 17.0. The fourth-order valence-electron chi connectivity index (χ4n) is 2.23. The third-order valence-electron chi connectivity index (χ3n) is 3.63. The maximum atomic E-state index is 4.28. The molecule has 0 amide bonds. The molecule has 0 aromatic carbocycles. The highest BCUT2D eigenvalue weighted by molar-refractivity contribution is 14.0. The molecule has 2 N–H and O–H groups in total. The van der Waals surface area contributed by atoms with Crippen LogP contribution in [-0.2, 0) is 13.6 Å². The van der Waals surface area contributed by atoms with Crippen molar-refractivity contribution in [2.24, 2.45) is 17.5 Å². The Bertz CT molecular complexity index is 439. The number of hydrogen-bond acceptors (Lipinski definition) is 2. The average Bonchev–Trinajstić information content (AvgIpc) is 2.85. The fraction of sp³-hybridized carbons (Fsp3) is 0.750. The Hall–Kier alpha value is -0.790. The Kier molecular flexibility index (Phi) is 10.5. The number of unbranched alkanes of at least 4 members (excludes halogenated alkanes) is 2. The first-order valence-corrected chi connectivity index (χ1v) is 7.89. The molecule has 0 atom stereocenters. The van der Waals surface area contributed by atoms with Gasteiger partial charge in [-0.05, 0) is 11.8 Å². The van der Waals surface area contributed by atoms with Crippen molar-refractivity contribution in [3.63, 3.8) is 0 Å². The van der Waals surface area contributed by atoms with E-state index in [1.807, 2.05) is 31.2 Å². The van der Waals surface area contributed by atoms with Crippen molar-refractivity contribution in [1.82, 2.24) is 20.4 Å². The van der Waals surface area contributed by atoms with Gasteiger partial charge in [-0.3, -0.25) is 9.67 Å². The second-order valence-corrected chi connectivity index (χ2v) is 6.42. The molecule has 6 heteroatoms. The molecule has 1 aromatic rings. The summed E-state index contributed by atoms with van der Waals surface area (Å²) in [4.78, 5) is 4.28. The number of nitrogens with zero attached hydrogens (tertiary/aromatic N) is 3. The van der Waals surface area contributed by atoms with Gasteiger partial charge in [0.15, 0.2) is 5.96 Å². The van der Waals surface area contributed by atoms with E-state index in [0.717, 1.165) is 24.6 Å². The Morgan fingerprint density at radius 2 is 2.05 bits per heavy atom. The van der Waals surface area contributed by atoms with Gasteiger partial charge in [-0.25, -0.2) is 0 Å². The van der Waals surface area contributed by atoms with Gasteiger partial charge in [0.05, 0.1) is 6.20 Å². The Morgan fingerprint density at radius 1 is 1.32 bits per heavy atom. The van der Waals surface area contributed by atoms with E-state index in [4.69, 9.17) is 0 Å². The van der Waals surface area contributed by atoms with E-state index in [2.05, 4.69) is 41.5 Å². The summed E-state index contributed by atoms with van der Waals surface area (Å²) in [5, 5.41) is 10.9. The van der Waals surface area contributed by atoms with Crippen molar-refractivity contribution >= 4 is 29.9 Å². The third-order valence-corrected chi connectivity index (χ3v) is 3.63. The molecule has 0 radical (unpaired) electrons. The molecule has 5 nitrogen and oxygen atoms in total. The van der Waals surface area contributed by atoms with Crippen LogP contribution in [0.5, 0.6) is 0 Å². The predicted octanol–water partition coefficient (Wildman–Crippen LogP) is 3.31. The standard InChI is InChI=1S/C16H31N5.HI/c1-6-7-8-9-16(2,3)13-19-15(17-4)18-10-14-11-20-21(5)12-14;/h11-12H,6-10,13H2,1-5H3,(H2,17,18,19);1H. The third kappa shape index (κ3) is 8.60. The van der Waals surface area contributed by atoms with Crippen molar-refractivity contribution in [2.45, 2.75) is 53.0 Å². The van der Waals surface area contributed by atoms with Crippen LogP contribution in [0.3, 0.4) is 0 Å². The average molecular weight is 421 g/mol. The fourth-order valence-corrected chi connectivity index (χ4v) is 2.23. The van der Waals surface area contributed by atoms with Gasteiger partial charge >= 0.3 is 0 Å². The number of hydrogen-bond donors (Lipinski definition) is 2. The SMILES string of the molecule is CCCCCC(C)(C)CNC(=NC)NCc1cnn(C)c1.I. The Balaban J connectivity index is 0.00000441.